The molecule has 0 aliphatic rings. The number of carbonyl (C=O) groups excluding carboxylic acids is 1. The lowest BCUT2D eigenvalue weighted by atomic mass is 10.0. The Morgan fingerprint density at radius 2 is 2.08 bits per heavy atom. The summed E-state index contributed by atoms with van der Waals surface area (Å²) >= 11 is 1.30. The molecule has 1 heterocycles. The summed E-state index contributed by atoms with van der Waals surface area (Å²) in [5.74, 6) is -1.50. The summed E-state index contributed by atoms with van der Waals surface area (Å²) < 4.78 is 5.14. The topological polar surface area (TPSA) is 117 Å². The van der Waals surface area contributed by atoms with Crippen LogP contribution in [-0.4, -0.2) is 40.1 Å². The Morgan fingerprint density at radius 1 is 1.38 bits per heavy atom. The Bertz CT molecular complexity index is 844. The molecule has 7 nitrogen and oxygen atoms in total. The number of hydrogen-bond donors (Lipinski definition) is 3. The van der Waals surface area contributed by atoms with Crippen molar-refractivity contribution in [2.24, 2.45) is 0 Å². The number of hydrogen-bond acceptors (Lipinski definition) is 6. The maximum Gasteiger partial charge on any atom is 0.340 e. The molecule has 1 aromatic heterocycles. The third-order valence-electron chi connectivity index (χ3n) is 3.57. The zero-order valence-corrected chi connectivity index (χ0v) is 14.0. The van der Waals surface area contributed by atoms with Crippen molar-refractivity contribution in [2.45, 2.75) is 19.4 Å². The van der Waals surface area contributed by atoms with E-state index >= 15 is 0 Å². The Hall–Kier alpha value is -2.48. The fourth-order valence-electron chi connectivity index (χ4n) is 2.33. The summed E-state index contributed by atoms with van der Waals surface area (Å²) in [7, 11) is 0. The molecular weight excluding hydrogens is 334 g/mol. The smallest absolute Gasteiger partial charge is 0.340 e. The predicted octanol–water partition coefficient (Wildman–Crippen LogP) is 1.28. The first kappa shape index (κ1) is 17.9. The monoisotopic (exact) mass is 351 g/mol. The molecule has 1 amide bonds. The molecule has 24 heavy (non-hydrogen) atoms. The highest BCUT2D eigenvalue weighted by Crippen LogP contribution is 2.23. The van der Waals surface area contributed by atoms with Gasteiger partial charge in [-0.25, -0.2) is 9.59 Å². The highest BCUT2D eigenvalue weighted by Gasteiger charge is 2.21. The SMILES string of the molecule is CSC[C@H](NC(=O)Cc1c(C)c2ccc(O)cc2oc1=O)C(=O)O. The third kappa shape index (κ3) is 3.88. The Kier molecular flexibility index (Phi) is 5.50. The van der Waals surface area contributed by atoms with Gasteiger partial charge in [0, 0.05) is 17.2 Å². The lowest BCUT2D eigenvalue weighted by molar-refractivity contribution is -0.141. The number of rotatable bonds is 6. The molecule has 3 N–H and O–H groups in total. The van der Waals surface area contributed by atoms with Crippen LogP contribution in [0.3, 0.4) is 0 Å². The first-order valence-corrected chi connectivity index (χ1v) is 8.49. The van der Waals surface area contributed by atoms with Crippen molar-refractivity contribution in [3.05, 3.63) is 39.7 Å². The summed E-state index contributed by atoms with van der Waals surface area (Å²) in [6.45, 7) is 1.68. The molecule has 0 spiro atoms. The molecule has 0 radical (unpaired) electrons. The molecule has 0 saturated carbocycles. The molecule has 2 aromatic rings. The minimum atomic E-state index is -1.13. The van der Waals surface area contributed by atoms with E-state index in [9.17, 15) is 19.5 Å². The van der Waals surface area contributed by atoms with Crippen molar-refractivity contribution >= 4 is 34.6 Å². The lowest BCUT2D eigenvalue weighted by Crippen LogP contribution is -2.43. The van der Waals surface area contributed by atoms with Gasteiger partial charge in [-0.3, -0.25) is 4.79 Å². The number of carboxylic acids is 1. The van der Waals surface area contributed by atoms with Crippen LogP contribution in [0.2, 0.25) is 0 Å². The minimum absolute atomic E-state index is 0.0306. The minimum Gasteiger partial charge on any atom is -0.508 e. The van der Waals surface area contributed by atoms with Crippen molar-refractivity contribution in [3.63, 3.8) is 0 Å². The number of fused-ring (bicyclic) bond motifs is 1. The van der Waals surface area contributed by atoms with Gasteiger partial charge < -0.3 is 19.9 Å². The van der Waals surface area contributed by atoms with Crippen LogP contribution in [0.4, 0.5) is 0 Å². The van der Waals surface area contributed by atoms with Gasteiger partial charge in [0.2, 0.25) is 5.91 Å². The average molecular weight is 351 g/mol. The van der Waals surface area contributed by atoms with Crippen LogP contribution >= 0.6 is 11.8 Å². The number of aryl methyl sites for hydroxylation is 1. The van der Waals surface area contributed by atoms with E-state index in [1.807, 2.05) is 0 Å². The quantitative estimate of drug-likeness (QED) is 0.671. The van der Waals surface area contributed by atoms with E-state index in [2.05, 4.69) is 5.32 Å². The molecule has 0 fully saturated rings. The van der Waals surface area contributed by atoms with E-state index in [4.69, 9.17) is 9.52 Å². The molecule has 0 bridgehead atoms. The van der Waals surface area contributed by atoms with Gasteiger partial charge >= 0.3 is 11.6 Å². The van der Waals surface area contributed by atoms with E-state index in [-0.39, 0.29) is 29.1 Å². The second-order valence-corrected chi connectivity index (χ2v) is 6.17. The summed E-state index contributed by atoms with van der Waals surface area (Å²) in [5, 5.41) is 21.5. The van der Waals surface area contributed by atoms with Crippen LogP contribution in [0.5, 0.6) is 5.75 Å². The van der Waals surface area contributed by atoms with Gasteiger partial charge in [-0.15, -0.1) is 0 Å². The van der Waals surface area contributed by atoms with Crippen molar-refractivity contribution in [1.82, 2.24) is 5.32 Å². The highest BCUT2D eigenvalue weighted by molar-refractivity contribution is 7.98. The van der Waals surface area contributed by atoms with E-state index in [1.165, 1.54) is 23.9 Å². The molecular formula is C16H17NO6S. The van der Waals surface area contributed by atoms with Crippen LogP contribution < -0.4 is 10.9 Å². The first-order valence-electron chi connectivity index (χ1n) is 7.10. The number of phenolic OH excluding ortho intramolecular Hbond substituents is 1. The zero-order valence-electron chi connectivity index (χ0n) is 13.2. The van der Waals surface area contributed by atoms with E-state index in [0.717, 1.165) is 0 Å². The first-order chi connectivity index (χ1) is 11.3. The third-order valence-corrected chi connectivity index (χ3v) is 4.24. The van der Waals surface area contributed by atoms with Gasteiger partial charge in [-0.05, 0) is 30.9 Å². The molecule has 0 aliphatic heterocycles. The second kappa shape index (κ2) is 7.39. The molecule has 1 atom stereocenters. The van der Waals surface area contributed by atoms with Gasteiger partial charge in [-0.1, -0.05) is 0 Å². The average Bonchev–Trinajstić information content (AvgIpc) is 2.50. The number of aliphatic carboxylic acids is 1. The maximum atomic E-state index is 12.1. The standard InChI is InChI=1S/C16H17NO6S/c1-8-10-4-3-9(18)5-13(10)23-16(22)11(8)6-14(19)17-12(7-24-2)15(20)21/h3-5,12,18H,6-7H2,1-2H3,(H,17,19)(H,20,21)/t12-/m0/s1. The fraction of sp³-hybridized carbons (Fsp3) is 0.312. The van der Waals surface area contributed by atoms with Crippen LogP contribution in [-0.2, 0) is 16.0 Å². The number of carbonyl (C=O) groups is 2. The van der Waals surface area contributed by atoms with Crippen molar-refractivity contribution in [1.29, 1.82) is 0 Å². The number of carboxylic acid groups (broad SMARTS) is 1. The van der Waals surface area contributed by atoms with E-state index in [1.54, 1.807) is 19.2 Å². The number of nitrogens with one attached hydrogen (secondary N) is 1. The van der Waals surface area contributed by atoms with Gasteiger partial charge in [0.15, 0.2) is 0 Å². The molecule has 8 heteroatoms. The summed E-state index contributed by atoms with van der Waals surface area (Å²) in [6, 6.07) is 3.36. The van der Waals surface area contributed by atoms with Crippen molar-refractivity contribution in [2.75, 3.05) is 12.0 Å². The maximum absolute atomic E-state index is 12.1. The second-order valence-electron chi connectivity index (χ2n) is 5.26. The summed E-state index contributed by atoms with van der Waals surface area (Å²) in [5.41, 5.74) is 0.275. The lowest BCUT2D eigenvalue weighted by Gasteiger charge is -2.14. The highest BCUT2D eigenvalue weighted by atomic mass is 32.2. The van der Waals surface area contributed by atoms with Gasteiger partial charge in [0.25, 0.3) is 0 Å². The zero-order chi connectivity index (χ0) is 17.9. The molecule has 1 aromatic carbocycles. The Balaban J connectivity index is 2.29. The van der Waals surface area contributed by atoms with E-state index in [0.29, 0.717) is 10.9 Å². The Labute approximate surface area is 141 Å². The van der Waals surface area contributed by atoms with Crippen molar-refractivity contribution < 1.29 is 24.2 Å². The van der Waals surface area contributed by atoms with Crippen LogP contribution in [0.25, 0.3) is 11.0 Å². The summed E-state index contributed by atoms with van der Waals surface area (Å²) in [6.07, 6.45) is 1.46. The molecule has 128 valence electrons. The van der Waals surface area contributed by atoms with Crippen molar-refractivity contribution in [3.8, 4) is 5.75 Å². The molecule has 0 saturated heterocycles. The van der Waals surface area contributed by atoms with Crippen LogP contribution in [0, 0.1) is 6.92 Å². The van der Waals surface area contributed by atoms with Crippen LogP contribution in [0.15, 0.2) is 27.4 Å². The summed E-state index contributed by atoms with van der Waals surface area (Å²) in [4.78, 5) is 35.3. The number of benzene rings is 1. The fourth-order valence-corrected chi connectivity index (χ4v) is 2.89. The van der Waals surface area contributed by atoms with Gasteiger partial charge in [0.1, 0.15) is 17.4 Å². The van der Waals surface area contributed by atoms with Gasteiger partial charge in [-0.2, -0.15) is 11.8 Å². The number of thioether (sulfide) groups is 1. The predicted molar refractivity (Wildman–Crippen MR) is 90.5 cm³/mol. The molecule has 0 aliphatic carbocycles. The molecule has 2 rings (SSSR count). The Morgan fingerprint density at radius 3 is 2.71 bits per heavy atom. The number of aromatic hydroxyl groups is 1. The van der Waals surface area contributed by atoms with E-state index < -0.39 is 23.5 Å². The molecule has 0 unspecified atom stereocenters. The largest absolute Gasteiger partial charge is 0.508 e. The van der Waals surface area contributed by atoms with Gasteiger partial charge in [0.05, 0.1) is 12.0 Å². The number of amides is 1. The van der Waals surface area contributed by atoms with Crippen LogP contribution in [0.1, 0.15) is 11.1 Å². The number of phenols is 1. The normalized spacial score (nSPS) is 12.1.